The summed E-state index contributed by atoms with van der Waals surface area (Å²) in [7, 11) is 0. The van der Waals surface area contributed by atoms with Crippen LogP contribution in [0.5, 0.6) is 0 Å². The van der Waals surface area contributed by atoms with Gasteiger partial charge in [0.05, 0.1) is 5.75 Å². The van der Waals surface area contributed by atoms with Crippen LogP contribution in [0, 0.1) is 5.92 Å². The van der Waals surface area contributed by atoms with Crippen molar-refractivity contribution < 1.29 is 14.7 Å². The number of amides is 1. The molecule has 0 saturated heterocycles. The Morgan fingerprint density at radius 2 is 2.05 bits per heavy atom. The van der Waals surface area contributed by atoms with Crippen molar-refractivity contribution in [3.05, 3.63) is 35.9 Å². The van der Waals surface area contributed by atoms with Gasteiger partial charge in [-0.3, -0.25) is 9.59 Å². The highest BCUT2D eigenvalue weighted by molar-refractivity contribution is 7.99. The van der Waals surface area contributed by atoms with E-state index in [0.29, 0.717) is 30.6 Å². The molecule has 0 radical (unpaired) electrons. The van der Waals surface area contributed by atoms with Crippen LogP contribution in [-0.2, 0) is 9.59 Å². The first-order valence-electron chi connectivity index (χ1n) is 6.78. The minimum absolute atomic E-state index is 0.0735. The summed E-state index contributed by atoms with van der Waals surface area (Å²) < 4.78 is 0. The van der Waals surface area contributed by atoms with E-state index >= 15 is 0 Å². The molecule has 0 unspecified atom stereocenters. The Balaban J connectivity index is 1.59. The van der Waals surface area contributed by atoms with E-state index in [1.165, 1.54) is 17.3 Å². The van der Waals surface area contributed by atoms with Crippen molar-refractivity contribution in [1.29, 1.82) is 0 Å². The SMILES string of the molecule is O=C(O)CSCCNC(=O)C[C@@H]1C[C@H]1c1ccccc1. The van der Waals surface area contributed by atoms with Crippen LogP contribution in [0.15, 0.2) is 30.3 Å². The molecule has 1 saturated carbocycles. The molecule has 0 bridgehead atoms. The highest BCUT2D eigenvalue weighted by atomic mass is 32.2. The van der Waals surface area contributed by atoms with Crippen molar-refractivity contribution >= 4 is 23.6 Å². The predicted molar refractivity (Wildman–Crippen MR) is 79.9 cm³/mol. The summed E-state index contributed by atoms with van der Waals surface area (Å²) in [6.45, 7) is 0.541. The molecule has 2 atom stereocenters. The molecule has 2 rings (SSSR count). The molecule has 5 heteroatoms. The minimum atomic E-state index is -0.815. The third-order valence-electron chi connectivity index (χ3n) is 3.39. The number of carboxylic acids is 1. The van der Waals surface area contributed by atoms with Gasteiger partial charge in [0.1, 0.15) is 0 Å². The molecular weight excluding hydrogens is 274 g/mol. The molecule has 4 nitrogen and oxygen atoms in total. The molecule has 1 aromatic carbocycles. The van der Waals surface area contributed by atoms with Gasteiger partial charge >= 0.3 is 5.97 Å². The van der Waals surface area contributed by atoms with E-state index in [4.69, 9.17) is 5.11 Å². The highest BCUT2D eigenvalue weighted by Gasteiger charge is 2.39. The van der Waals surface area contributed by atoms with E-state index in [9.17, 15) is 9.59 Å². The van der Waals surface area contributed by atoms with Gasteiger partial charge in [-0.2, -0.15) is 0 Å². The van der Waals surface area contributed by atoms with E-state index in [0.717, 1.165) is 6.42 Å². The van der Waals surface area contributed by atoms with Crippen molar-refractivity contribution in [2.45, 2.75) is 18.8 Å². The van der Waals surface area contributed by atoms with Gasteiger partial charge in [0.25, 0.3) is 0 Å². The molecule has 0 aromatic heterocycles. The van der Waals surface area contributed by atoms with Gasteiger partial charge in [-0.05, 0) is 23.8 Å². The number of nitrogens with one attached hydrogen (secondary N) is 1. The molecule has 1 amide bonds. The maximum atomic E-state index is 11.7. The Kier molecular flexibility index (Phi) is 5.47. The van der Waals surface area contributed by atoms with Crippen LogP contribution in [0.2, 0.25) is 0 Å². The molecule has 0 heterocycles. The first kappa shape index (κ1) is 14.9. The zero-order valence-corrected chi connectivity index (χ0v) is 12.1. The third kappa shape index (κ3) is 4.89. The normalized spacial score (nSPS) is 20.4. The number of benzene rings is 1. The van der Waals surface area contributed by atoms with Crippen molar-refractivity contribution in [3.8, 4) is 0 Å². The molecule has 1 aromatic rings. The summed E-state index contributed by atoms with van der Waals surface area (Å²) in [6, 6.07) is 10.3. The van der Waals surface area contributed by atoms with E-state index in [-0.39, 0.29) is 11.7 Å². The first-order valence-corrected chi connectivity index (χ1v) is 7.93. The number of carbonyl (C=O) groups is 2. The van der Waals surface area contributed by atoms with Crippen LogP contribution in [0.25, 0.3) is 0 Å². The summed E-state index contributed by atoms with van der Waals surface area (Å²) in [5.41, 5.74) is 1.32. The van der Waals surface area contributed by atoms with Gasteiger partial charge in [-0.1, -0.05) is 30.3 Å². The second-order valence-electron chi connectivity index (χ2n) is 5.01. The lowest BCUT2D eigenvalue weighted by Crippen LogP contribution is -2.26. The summed E-state index contributed by atoms with van der Waals surface area (Å²) in [4.78, 5) is 22.0. The summed E-state index contributed by atoms with van der Waals surface area (Å²) >= 11 is 1.32. The quantitative estimate of drug-likeness (QED) is 0.721. The van der Waals surface area contributed by atoms with Gasteiger partial charge in [0.2, 0.25) is 5.91 Å². The topological polar surface area (TPSA) is 66.4 Å². The standard InChI is InChI=1S/C15H19NO3S/c17-14(16-6-7-20-10-15(18)19)9-12-8-13(12)11-4-2-1-3-5-11/h1-5,12-13H,6-10H2,(H,16,17)(H,18,19)/t12-,13-/m0/s1. The number of carbonyl (C=O) groups excluding carboxylic acids is 1. The Hall–Kier alpha value is -1.49. The molecule has 2 N–H and O–H groups in total. The minimum Gasteiger partial charge on any atom is -0.481 e. The van der Waals surface area contributed by atoms with Crippen LogP contribution in [0.1, 0.15) is 24.3 Å². The van der Waals surface area contributed by atoms with Crippen molar-refractivity contribution in [1.82, 2.24) is 5.32 Å². The van der Waals surface area contributed by atoms with E-state index < -0.39 is 5.97 Å². The van der Waals surface area contributed by atoms with E-state index in [2.05, 4.69) is 17.4 Å². The smallest absolute Gasteiger partial charge is 0.313 e. The van der Waals surface area contributed by atoms with Crippen LogP contribution in [0.4, 0.5) is 0 Å². The Labute approximate surface area is 123 Å². The summed E-state index contributed by atoms with van der Waals surface area (Å²) in [5, 5.41) is 11.3. The fourth-order valence-electron chi connectivity index (χ4n) is 2.31. The number of hydrogen-bond donors (Lipinski definition) is 2. The lowest BCUT2D eigenvalue weighted by atomic mass is 10.1. The maximum Gasteiger partial charge on any atom is 0.313 e. The third-order valence-corrected chi connectivity index (χ3v) is 4.34. The summed E-state index contributed by atoms with van der Waals surface area (Å²) in [5.74, 6) is 0.987. The van der Waals surface area contributed by atoms with Gasteiger partial charge in [0.15, 0.2) is 0 Å². The number of hydrogen-bond acceptors (Lipinski definition) is 3. The molecule has 1 aliphatic rings. The van der Waals surface area contributed by atoms with Crippen LogP contribution < -0.4 is 5.32 Å². The van der Waals surface area contributed by atoms with E-state index in [1.807, 2.05) is 18.2 Å². The molecule has 1 fully saturated rings. The van der Waals surface area contributed by atoms with Crippen LogP contribution in [0.3, 0.4) is 0 Å². The molecular formula is C15H19NO3S. The lowest BCUT2D eigenvalue weighted by molar-refractivity contribution is -0.133. The fraction of sp³-hybridized carbons (Fsp3) is 0.467. The molecule has 20 heavy (non-hydrogen) atoms. The van der Waals surface area contributed by atoms with Gasteiger partial charge in [0, 0.05) is 18.7 Å². The Morgan fingerprint density at radius 1 is 1.30 bits per heavy atom. The predicted octanol–water partition coefficient (Wildman–Crippen LogP) is 2.11. The lowest BCUT2D eigenvalue weighted by Gasteiger charge is -2.04. The summed E-state index contributed by atoms with van der Waals surface area (Å²) in [6.07, 6.45) is 1.66. The number of thioether (sulfide) groups is 1. The molecule has 1 aliphatic carbocycles. The van der Waals surface area contributed by atoms with Gasteiger partial charge < -0.3 is 10.4 Å². The average Bonchev–Trinajstić information content (AvgIpc) is 3.18. The van der Waals surface area contributed by atoms with Crippen LogP contribution >= 0.6 is 11.8 Å². The van der Waals surface area contributed by atoms with Gasteiger partial charge in [-0.15, -0.1) is 11.8 Å². The monoisotopic (exact) mass is 293 g/mol. The van der Waals surface area contributed by atoms with Crippen molar-refractivity contribution in [2.24, 2.45) is 5.92 Å². The number of carboxylic acid groups (broad SMARTS) is 1. The second-order valence-corrected chi connectivity index (χ2v) is 6.12. The Morgan fingerprint density at radius 3 is 2.75 bits per heavy atom. The van der Waals surface area contributed by atoms with Crippen LogP contribution in [-0.4, -0.2) is 35.0 Å². The first-order chi connectivity index (χ1) is 9.66. The van der Waals surface area contributed by atoms with E-state index in [1.54, 1.807) is 0 Å². The second kappa shape index (κ2) is 7.33. The largest absolute Gasteiger partial charge is 0.481 e. The highest BCUT2D eigenvalue weighted by Crippen LogP contribution is 2.49. The molecule has 108 valence electrons. The maximum absolute atomic E-state index is 11.7. The zero-order chi connectivity index (χ0) is 14.4. The van der Waals surface area contributed by atoms with Gasteiger partial charge in [-0.25, -0.2) is 0 Å². The fourth-order valence-corrected chi connectivity index (χ4v) is 2.88. The number of rotatable bonds is 8. The number of aliphatic carboxylic acids is 1. The molecule has 0 spiro atoms. The van der Waals surface area contributed by atoms with Crippen molar-refractivity contribution in [3.63, 3.8) is 0 Å². The Bertz CT molecular complexity index is 463. The zero-order valence-electron chi connectivity index (χ0n) is 11.2. The molecule has 0 aliphatic heterocycles. The van der Waals surface area contributed by atoms with Crippen molar-refractivity contribution in [2.75, 3.05) is 18.1 Å². The average molecular weight is 293 g/mol.